The molecular weight excluding hydrogens is 579 g/mol. The van der Waals surface area contributed by atoms with E-state index in [9.17, 15) is 0 Å². The van der Waals surface area contributed by atoms with Crippen molar-refractivity contribution in [3.05, 3.63) is 187 Å². The van der Waals surface area contributed by atoms with Crippen molar-refractivity contribution in [1.29, 1.82) is 0 Å². The van der Waals surface area contributed by atoms with Crippen LogP contribution in [0, 0.1) is 0 Å². The molecule has 1 heteroatoms. The van der Waals surface area contributed by atoms with Gasteiger partial charge in [-0.05, 0) is 93.4 Å². The quantitative estimate of drug-likeness (QED) is 0.160. The first-order valence-corrected chi connectivity index (χ1v) is 17.5. The minimum Gasteiger partial charge on any atom is -0.311 e. The predicted molar refractivity (Wildman–Crippen MR) is 204 cm³/mol. The second-order valence-corrected chi connectivity index (χ2v) is 13.2. The Morgan fingerprint density at radius 3 is 1.48 bits per heavy atom. The lowest BCUT2D eigenvalue weighted by Crippen LogP contribution is -2.27. The van der Waals surface area contributed by atoms with Gasteiger partial charge in [0.15, 0.2) is 0 Å². The zero-order valence-corrected chi connectivity index (χ0v) is 27.4. The van der Waals surface area contributed by atoms with E-state index in [2.05, 4.69) is 181 Å². The minimum absolute atomic E-state index is 0.0680. The highest BCUT2D eigenvalue weighted by Crippen LogP contribution is 2.45. The Morgan fingerprint density at radius 2 is 0.833 bits per heavy atom. The second-order valence-electron chi connectivity index (χ2n) is 13.2. The van der Waals surface area contributed by atoms with Crippen LogP contribution in [0.5, 0.6) is 0 Å². The topological polar surface area (TPSA) is 3.24 Å². The van der Waals surface area contributed by atoms with E-state index in [0.29, 0.717) is 0 Å². The van der Waals surface area contributed by atoms with Crippen molar-refractivity contribution >= 4 is 27.8 Å². The highest BCUT2D eigenvalue weighted by molar-refractivity contribution is 5.97. The van der Waals surface area contributed by atoms with Crippen LogP contribution in [0.15, 0.2) is 176 Å². The van der Waals surface area contributed by atoms with Gasteiger partial charge in [-0.2, -0.15) is 0 Å². The Morgan fingerprint density at radius 1 is 0.354 bits per heavy atom. The van der Waals surface area contributed by atoms with Gasteiger partial charge in [-0.15, -0.1) is 0 Å². The molecule has 7 aromatic rings. The Hall–Kier alpha value is -5.40. The molecule has 1 nitrogen and oxygen atoms in total. The number of hydrogen-bond acceptors (Lipinski definition) is 1. The zero-order valence-electron chi connectivity index (χ0n) is 27.4. The summed E-state index contributed by atoms with van der Waals surface area (Å²) >= 11 is 0. The summed E-state index contributed by atoms with van der Waals surface area (Å²) in [6, 6.07) is 64.7. The third kappa shape index (κ3) is 5.82. The normalized spacial score (nSPS) is 14.3. The maximum Gasteiger partial charge on any atom is 0.0462 e. The molecular formula is C47H41N. The number of nitrogens with zero attached hydrogens (tertiary/aromatic N) is 1. The molecule has 0 heterocycles. The van der Waals surface area contributed by atoms with E-state index in [-0.39, 0.29) is 5.41 Å². The van der Waals surface area contributed by atoms with Crippen molar-refractivity contribution in [3.8, 4) is 22.3 Å². The van der Waals surface area contributed by atoms with Crippen molar-refractivity contribution in [3.63, 3.8) is 0 Å². The molecule has 0 N–H and O–H groups in total. The Labute approximate surface area is 285 Å². The lowest BCUT2D eigenvalue weighted by molar-refractivity contribution is 0.446. The third-order valence-corrected chi connectivity index (χ3v) is 10.4. The Bertz CT molecular complexity index is 2080. The van der Waals surface area contributed by atoms with Crippen molar-refractivity contribution in [2.24, 2.45) is 0 Å². The lowest BCUT2D eigenvalue weighted by Gasteiger charge is -2.35. The molecule has 0 spiro atoms. The van der Waals surface area contributed by atoms with E-state index in [1.807, 2.05) is 0 Å². The summed E-state index contributed by atoms with van der Waals surface area (Å²) in [5.41, 5.74) is 11.4. The zero-order chi connectivity index (χ0) is 32.2. The molecule has 0 aromatic heterocycles. The summed E-state index contributed by atoms with van der Waals surface area (Å²) in [6.07, 6.45) is 7.62. The fourth-order valence-electron chi connectivity index (χ4n) is 7.91. The molecule has 0 unspecified atom stereocenters. The van der Waals surface area contributed by atoms with Crippen LogP contribution in [0.1, 0.15) is 49.7 Å². The van der Waals surface area contributed by atoms with Crippen molar-refractivity contribution in [2.45, 2.75) is 43.9 Å². The minimum atomic E-state index is 0.0680. The second kappa shape index (κ2) is 13.4. The fraction of sp³-hybridized carbons (Fsp3) is 0.149. The van der Waals surface area contributed by atoms with Gasteiger partial charge in [0.2, 0.25) is 0 Å². The number of hydrogen-bond donors (Lipinski definition) is 0. The molecule has 1 saturated carbocycles. The van der Waals surface area contributed by atoms with Gasteiger partial charge in [-0.3, -0.25) is 0 Å². The summed E-state index contributed by atoms with van der Waals surface area (Å²) in [5, 5.41) is 2.55. The van der Waals surface area contributed by atoms with E-state index in [0.717, 1.165) is 11.4 Å². The highest BCUT2D eigenvalue weighted by Gasteiger charge is 2.34. The Balaban J connectivity index is 1.19. The van der Waals surface area contributed by atoms with E-state index in [4.69, 9.17) is 0 Å². The highest BCUT2D eigenvalue weighted by atomic mass is 15.1. The average molecular weight is 620 g/mol. The van der Waals surface area contributed by atoms with Crippen LogP contribution in [0.2, 0.25) is 0 Å². The van der Waals surface area contributed by atoms with Crippen LogP contribution >= 0.6 is 0 Å². The monoisotopic (exact) mass is 619 g/mol. The van der Waals surface area contributed by atoms with Gasteiger partial charge in [-0.25, -0.2) is 0 Å². The molecule has 0 amide bonds. The van der Waals surface area contributed by atoms with E-state index in [1.54, 1.807) is 0 Å². The molecule has 1 fully saturated rings. The van der Waals surface area contributed by atoms with Gasteiger partial charge in [0.25, 0.3) is 0 Å². The first-order valence-electron chi connectivity index (χ1n) is 17.5. The molecule has 7 aromatic carbocycles. The number of rotatable bonds is 7. The smallest absolute Gasteiger partial charge is 0.0462 e. The fourth-order valence-corrected chi connectivity index (χ4v) is 7.91. The number of benzene rings is 7. The summed E-state index contributed by atoms with van der Waals surface area (Å²) < 4.78 is 0. The first-order chi connectivity index (χ1) is 23.8. The van der Waals surface area contributed by atoms with Gasteiger partial charge < -0.3 is 4.90 Å². The van der Waals surface area contributed by atoms with Gasteiger partial charge in [0.05, 0.1) is 0 Å². The van der Waals surface area contributed by atoms with Crippen LogP contribution in [0.3, 0.4) is 0 Å². The SMILES string of the molecule is c1ccc(-c2ccc(N(c3ccc(-c4cccc5ccccc45)cc3)c3ccc(C4(c5ccccc5)CCCCCC4)cc3)cc2)cc1. The molecule has 0 aliphatic heterocycles. The molecule has 0 bridgehead atoms. The van der Waals surface area contributed by atoms with E-state index in [1.165, 1.54) is 88.4 Å². The van der Waals surface area contributed by atoms with E-state index >= 15 is 0 Å². The lowest BCUT2D eigenvalue weighted by atomic mass is 9.69. The van der Waals surface area contributed by atoms with Crippen LogP contribution < -0.4 is 4.90 Å². The standard InChI is InChI=1S/C47H41N/c1-2-12-35-47(34-11-1,40-18-7-4-8-19-40)41-26-32-44(33-27-41)48(42-28-22-37(23-29-42)36-14-5-3-6-15-36)43-30-24-39(25-31-43)46-21-13-17-38-16-9-10-20-45(38)46/h3-10,13-33H,1-2,11-12,34-35H2. The Kier molecular flexibility index (Phi) is 8.35. The van der Waals surface area contributed by atoms with Crippen LogP contribution in [-0.2, 0) is 5.41 Å². The van der Waals surface area contributed by atoms with Gasteiger partial charge in [0, 0.05) is 22.5 Å². The molecule has 1 aliphatic carbocycles. The van der Waals surface area contributed by atoms with Gasteiger partial charge >= 0.3 is 0 Å². The molecule has 8 rings (SSSR count). The number of anilines is 3. The van der Waals surface area contributed by atoms with Gasteiger partial charge in [-0.1, -0.05) is 165 Å². The molecule has 0 atom stereocenters. The number of fused-ring (bicyclic) bond motifs is 1. The molecule has 48 heavy (non-hydrogen) atoms. The van der Waals surface area contributed by atoms with Crippen LogP contribution in [-0.4, -0.2) is 0 Å². The van der Waals surface area contributed by atoms with Crippen LogP contribution in [0.4, 0.5) is 17.1 Å². The average Bonchev–Trinajstić information content (AvgIpc) is 3.44. The largest absolute Gasteiger partial charge is 0.311 e. The summed E-state index contributed by atoms with van der Waals surface area (Å²) in [5.74, 6) is 0. The first kappa shape index (κ1) is 30.0. The predicted octanol–water partition coefficient (Wildman–Crippen LogP) is 13.3. The van der Waals surface area contributed by atoms with Crippen molar-refractivity contribution < 1.29 is 0 Å². The van der Waals surface area contributed by atoms with Crippen molar-refractivity contribution in [2.75, 3.05) is 4.90 Å². The summed E-state index contributed by atoms with van der Waals surface area (Å²) in [6.45, 7) is 0. The molecule has 234 valence electrons. The summed E-state index contributed by atoms with van der Waals surface area (Å²) in [7, 11) is 0. The third-order valence-electron chi connectivity index (χ3n) is 10.4. The molecule has 0 radical (unpaired) electrons. The maximum atomic E-state index is 2.41. The van der Waals surface area contributed by atoms with Crippen molar-refractivity contribution in [1.82, 2.24) is 0 Å². The van der Waals surface area contributed by atoms with Crippen LogP contribution in [0.25, 0.3) is 33.0 Å². The van der Waals surface area contributed by atoms with Gasteiger partial charge in [0.1, 0.15) is 0 Å². The maximum absolute atomic E-state index is 2.41. The summed E-state index contributed by atoms with van der Waals surface area (Å²) in [4.78, 5) is 2.40. The van der Waals surface area contributed by atoms with E-state index < -0.39 is 0 Å². The molecule has 1 aliphatic rings. The molecule has 0 saturated heterocycles.